The van der Waals surface area contributed by atoms with Crippen LogP contribution in [0.3, 0.4) is 0 Å². The number of rotatable bonds is 7. The fraction of sp³-hybridized carbons (Fsp3) is 0.750. The molecule has 20 heavy (non-hydrogen) atoms. The fourth-order valence-electron chi connectivity index (χ4n) is 1.12. The van der Waals surface area contributed by atoms with Crippen LogP contribution in [0.15, 0.2) is 0 Å². The highest BCUT2D eigenvalue weighted by Gasteiger charge is 2.16. The maximum absolute atomic E-state index is 11.4. The largest absolute Gasteiger partial charge is 0.444 e. The molecular weight excluding hydrogens is 266 g/mol. The second kappa shape index (κ2) is 9.13. The van der Waals surface area contributed by atoms with Crippen molar-refractivity contribution in [1.82, 2.24) is 16.0 Å². The average molecular weight is 289 g/mol. The minimum absolute atomic E-state index is 0.0197. The number of carbonyl (C=O) groups excluding carboxylic acids is 3. The molecule has 0 aromatic heterocycles. The lowest BCUT2D eigenvalue weighted by Crippen LogP contribution is -2.42. The molecule has 0 atom stereocenters. The van der Waals surface area contributed by atoms with Gasteiger partial charge in [0.05, 0.1) is 6.54 Å². The number of nitrogens with one attached hydrogen (secondary N) is 3. The molecular formula is C12H23N3O5. The Morgan fingerprint density at radius 2 is 1.50 bits per heavy atom. The summed E-state index contributed by atoms with van der Waals surface area (Å²) in [5, 5.41) is 7.41. The average Bonchev–Trinajstić information content (AvgIpc) is 2.30. The molecule has 0 heterocycles. The van der Waals surface area contributed by atoms with Crippen LogP contribution in [0.4, 0.5) is 4.79 Å². The zero-order chi connectivity index (χ0) is 15.6. The summed E-state index contributed by atoms with van der Waals surface area (Å²) in [5.74, 6) is -0.620. The predicted molar refractivity (Wildman–Crippen MR) is 72.1 cm³/mol. The van der Waals surface area contributed by atoms with Crippen molar-refractivity contribution in [2.45, 2.75) is 26.4 Å². The monoisotopic (exact) mass is 289 g/mol. The Bertz CT molecular complexity index is 338. The summed E-state index contributed by atoms with van der Waals surface area (Å²) in [7, 11) is 1.42. The molecule has 0 fully saturated rings. The highest BCUT2D eigenvalue weighted by molar-refractivity contribution is 5.82. The van der Waals surface area contributed by atoms with E-state index >= 15 is 0 Å². The van der Waals surface area contributed by atoms with Crippen molar-refractivity contribution in [1.29, 1.82) is 0 Å². The Balaban J connectivity index is 3.64. The quantitative estimate of drug-likeness (QED) is 0.542. The van der Waals surface area contributed by atoms with E-state index in [-0.39, 0.29) is 31.5 Å². The van der Waals surface area contributed by atoms with Crippen molar-refractivity contribution in [3.63, 3.8) is 0 Å². The number of methoxy groups -OCH3 is 1. The molecule has 116 valence electrons. The van der Waals surface area contributed by atoms with Gasteiger partial charge in [-0.25, -0.2) is 4.79 Å². The standard InChI is InChI=1S/C12H23N3O5/c1-12(2,3)20-11(18)15-7-9(16)13-5-6-14-10(17)8-19-4/h5-8H2,1-4H3,(H,13,16)(H,14,17)(H,15,18). The molecule has 0 saturated carbocycles. The second-order valence-corrected chi connectivity index (χ2v) is 4.99. The number of hydrogen-bond acceptors (Lipinski definition) is 5. The lowest BCUT2D eigenvalue weighted by Gasteiger charge is -2.19. The van der Waals surface area contributed by atoms with Gasteiger partial charge < -0.3 is 25.4 Å². The highest BCUT2D eigenvalue weighted by atomic mass is 16.6. The van der Waals surface area contributed by atoms with Crippen molar-refractivity contribution >= 4 is 17.9 Å². The number of hydrogen-bond donors (Lipinski definition) is 3. The highest BCUT2D eigenvalue weighted by Crippen LogP contribution is 2.05. The zero-order valence-corrected chi connectivity index (χ0v) is 12.4. The van der Waals surface area contributed by atoms with Crippen molar-refractivity contribution < 1.29 is 23.9 Å². The molecule has 0 aromatic carbocycles. The summed E-state index contributed by atoms with van der Waals surface area (Å²) in [4.78, 5) is 33.6. The first-order chi connectivity index (χ1) is 9.24. The Morgan fingerprint density at radius 3 is 2.00 bits per heavy atom. The normalized spacial score (nSPS) is 10.6. The molecule has 0 aromatic rings. The van der Waals surface area contributed by atoms with Crippen LogP contribution < -0.4 is 16.0 Å². The molecule has 3 amide bonds. The van der Waals surface area contributed by atoms with Gasteiger partial charge in [0.15, 0.2) is 0 Å². The Labute approximate surface area is 118 Å². The molecule has 0 aliphatic heterocycles. The molecule has 0 aliphatic rings. The summed E-state index contributed by atoms with van der Waals surface area (Å²) < 4.78 is 9.60. The summed E-state index contributed by atoms with van der Waals surface area (Å²) in [5.41, 5.74) is -0.605. The summed E-state index contributed by atoms with van der Waals surface area (Å²) in [6.45, 7) is 5.56. The molecule has 8 nitrogen and oxygen atoms in total. The molecule has 0 spiro atoms. The maximum atomic E-state index is 11.4. The molecule has 0 rings (SSSR count). The van der Waals surface area contributed by atoms with Crippen molar-refractivity contribution in [3.05, 3.63) is 0 Å². The fourth-order valence-corrected chi connectivity index (χ4v) is 1.12. The lowest BCUT2D eigenvalue weighted by atomic mass is 10.2. The van der Waals surface area contributed by atoms with E-state index in [1.165, 1.54) is 7.11 Å². The van der Waals surface area contributed by atoms with E-state index in [1.54, 1.807) is 20.8 Å². The lowest BCUT2D eigenvalue weighted by molar-refractivity contribution is -0.125. The molecule has 0 radical (unpaired) electrons. The van der Waals surface area contributed by atoms with Gasteiger partial charge in [-0.2, -0.15) is 0 Å². The third-order valence-electron chi connectivity index (χ3n) is 1.84. The van der Waals surface area contributed by atoms with Gasteiger partial charge in [-0.15, -0.1) is 0 Å². The first kappa shape index (κ1) is 18.2. The van der Waals surface area contributed by atoms with E-state index in [9.17, 15) is 14.4 Å². The van der Waals surface area contributed by atoms with Crippen molar-refractivity contribution in [2.75, 3.05) is 33.4 Å². The van der Waals surface area contributed by atoms with Crippen LogP contribution in [-0.4, -0.2) is 56.9 Å². The first-order valence-corrected chi connectivity index (χ1v) is 6.24. The smallest absolute Gasteiger partial charge is 0.408 e. The summed E-state index contributed by atoms with van der Waals surface area (Å²) >= 11 is 0. The van der Waals surface area contributed by atoms with Crippen LogP contribution >= 0.6 is 0 Å². The van der Waals surface area contributed by atoms with Gasteiger partial charge in [0.2, 0.25) is 11.8 Å². The van der Waals surface area contributed by atoms with Crippen molar-refractivity contribution in [2.24, 2.45) is 0 Å². The molecule has 0 unspecified atom stereocenters. The van der Waals surface area contributed by atoms with E-state index < -0.39 is 11.7 Å². The van der Waals surface area contributed by atoms with Crippen LogP contribution in [0, 0.1) is 0 Å². The topological polar surface area (TPSA) is 106 Å². The molecule has 3 N–H and O–H groups in total. The van der Waals surface area contributed by atoms with Crippen LogP contribution in [0.2, 0.25) is 0 Å². The minimum Gasteiger partial charge on any atom is -0.444 e. The van der Waals surface area contributed by atoms with Gasteiger partial charge in [-0.1, -0.05) is 0 Å². The summed E-state index contributed by atoms with van der Waals surface area (Å²) in [6, 6.07) is 0. The van der Waals surface area contributed by atoms with Crippen molar-refractivity contribution in [3.8, 4) is 0 Å². The van der Waals surface area contributed by atoms with Gasteiger partial charge in [-0.3, -0.25) is 9.59 Å². The molecule has 0 saturated heterocycles. The summed E-state index contributed by atoms with van der Waals surface area (Å²) in [6.07, 6.45) is -0.652. The first-order valence-electron chi connectivity index (χ1n) is 6.24. The van der Waals surface area contributed by atoms with E-state index in [2.05, 4.69) is 20.7 Å². The molecule has 8 heteroatoms. The van der Waals surface area contributed by atoms with Crippen LogP contribution in [0.5, 0.6) is 0 Å². The van der Waals surface area contributed by atoms with E-state index in [4.69, 9.17) is 4.74 Å². The van der Waals surface area contributed by atoms with Gasteiger partial charge in [0.25, 0.3) is 0 Å². The number of alkyl carbamates (subject to hydrolysis) is 1. The van der Waals surface area contributed by atoms with Crippen LogP contribution in [0.1, 0.15) is 20.8 Å². The van der Waals surface area contributed by atoms with Crippen LogP contribution in [-0.2, 0) is 19.1 Å². The Hall–Kier alpha value is -1.83. The van der Waals surface area contributed by atoms with Gasteiger partial charge in [-0.05, 0) is 20.8 Å². The van der Waals surface area contributed by atoms with Crippen LogP contribution in [0.25, 0.3) is 0 Å². The van der Waals surface area contributed by atoms with E-state index in [1.807, 2.05) is 0 Å². The van der Waals surface area contributed by atoms with Gasteiger partial charge in [0, 0.05) is 20.2 Å². The Kier molecular flexibility index (Phi) is 8.30. The Morgan fingerprint density at radius 1 is 0.950 bits per heavy atom. The SMILES string of the molecule is COCC(=O)NCCNC(=O)CNC(=O)OC(C)(C)C. The number of amides is 3. The zero-order valence-electron chi connectivity index (χ0n) is 12.4. The van der Waals surface area contributed by atoms with E-state index in [0.29, 0.717) is 6.54 Å². The van der Waals surface area contributed by atoms with Gasteiger partial charge >= 0.3 is 6.09 Å². The predicted octanol–water partition coefficient (Wildman–Crippen LogP) is -0.610. The number of ether oxygens (including phenoxy) is 2. The molecule has 0 aliphatic carbocycles. The van der Waals surface area contributed by atoms with Gasteiger partial charge in [0.1, 0.15) is 12.2 Å². The minimum atomic E-state index is -0.652. The maximum Gasteiger partial charge on any atom is 0.408 e. The molecule has 0 bridgehead atoms. The number of carbonyl (C=O) groups is 3. The van der Waals surface area contributed by atoms with E-state index in [0.717, 1.165) is 0 Å². The second-order valence-electron chi connectivity index (χ2n) is 4.99. The third-order valence-corrected chi connectivity index (χ3v) is 1.84. The third kappa shape index (κ3) is 11.3.